The van der Waals surface area contributed by atoms with E-state index in [1.54, 1.807) is 48.5 Å². The number of anilines is 1. The second kappa shape index (κ2) is 9.14. The summed E-state index contributed by atoms with van der Waals surface area (Å²) in [6, 6.07) is 17.4. The Kier molecular flexibility index (Phi) is 6.13. The highest BCUT2D eigenvalue weighted by Crippen LogP contribution is 2.38. The van der Waals surface area contributed by atoms with Crippen molar-refractivity contribution in [1.29, 1.82) is 0 Å². The molecule has 1 aromatic heterocycles. The molecule has 4 N–H and O–H groups in total. The molecule has 0 fully saturated rings. The normalized spacial score (nSPS) is 13.7. The molecule has 2 aromatic carbocycles. The van der Waals surface area contributed by atoms with Gasteiger partial charge in [-0.3, -0.25) is 14.4 Å². The lowest BCUT2D eigenvalue weighted by molar-refractivity contribution is 0.0869. The Balaban J connectivity index is 1.68. The molecule has 0 saturated carbocycles. The SMILES string of the molecule is NC(=O)c1c(N[C@H](NC(=O)c2ccccc2)C(=O)c2ccccc2)sc2c1CCCC2. The second-order valence-electron chi connectivity index (χ2n) is 7.43. The van der Waals surface area contributed by atoms with Crippen LogP contribution in [-0.2, 0) is 12.8 Å². The van der Waals surface area contributed by atoms with Crippen molar-refractivity contribution >= 4 is 33.9 Å². The van der Waals surface area contributed by atoms with E-state index in [2.05, 4.69) is 10.6 Å². The molecular formula is C24H23N3O3S. The van der Waals surface area contributed by atoms with Crippen molar-refractivity contribution in [3.63, 3.8) is 0 Å². The van der Waals surface area contributed by atoms with Crippen LogP contribution in [0.1, 0.15) is 54.4 Å². The molecule has 0 aliphatic heterocycles. The summed E-state index contributed by atoms with van der Waals surface area (Å²) >= 11 is 1.44. The van der Waals surface area contributed by atoms with E-state index in [0.717, 1.165) is 36.1 Å². The predicted octanol–water partition coefficient (Wildman–Crippen LogP) is 3.78. The van der Waals surface area contributed by atoms with Crippen molar-refractivity contribution < 1.29 is 14.4 Å². The fourth-order valence-electron chi connectivity index (χ4n) is 3.80. The maximum absolute atomic E-state index is 13.3. The summed E-state index contributed by atoms with van der Waals surface area (Å²) in [5.41, 5.74) is 7.98. The fourth-order valence-corrected chi connectivity index (χ4v) is 5.12. The van der Waals surface area contributed by atoms with Gasteiger partial charge in [0.25, 0.3) is 11.8 Å². The average Bonchev–Trinajstić information content (AvgIpc) is 3.17. The molecule has 0 radical (unpaired) electrons. The highest BCUT2D eigenvalue weighted by Gasteiger charge is 2.29. The Morgan fingerprint density at radius 2 is 1.48 bits per heavy atom. The number of Topliss-reactive ketones (excluding diaryl/α,β-unsaturated/α-hetero) is 1. The van der Waals surface area contributed by atoms with Crippen LogP contribution in [0.2, 0.25) is 0 Å². The van der Waals surface area contributed by atoms with Gasteiger partial charge >= 0.3 is 0 Å². The molecule has 31 heavy (non-hydrogen) atoms. The molecule has 0 spiro atoms. The second-order valence-corrected chi connectivity index (χ2v) is 8.53. The lowest BCUT2D eigenvalue weighted by Crippen LogP contribution is -2.46. The minimum absolute atomic E-state index is 0.299. The molecule has 4 rings (SSSR count). The van der Waals surface area contributed by atoms with Crippen molar-refractivity contribution in [1.82, 2.24) is 5.32 Å². The summed E-state index contributed by atoms with van der Waals surface area (Å²) in [4.78, 5) is 39.4. The minimum Gasteiger partial charge on any atom is -0.365 e. The van der Waals surface area contributed by atoms with Crippen molar-refractivity contribution in [3.8, 4) is 0 Å². The van der Waals surface area contributed by atoms with Gasteiger partial charge in [-0.15, -0.1) is 11.3 Å². The zero-order valence-electron chi connectivity index (χ0n) is 16.9. The molecule has 7 heteroatoms. The van der Waals surface area contributed by atoms with Crippen LogP contribution in [-0.4, -0.2) is 23.8 Å². The van der Waals surface area contributed by atoms with Gasteiger partial charge in [0.05, 0.1) is 5.56 Å². The van der Waals surface area contributed by atoms with Gasteiger partial charge in [0.1, 0.15) is 5.00 Å². The van der Waals surface area contributed by atoms with Crippen molar-refractivity contribution in [2.75, 3.05) is 5.32 Å². The number of ketones is 1. The molecule has 2 amide bonds. The van der Waals surface area contributed by atoms with Crippen molar-refractivity contribution in [3.05, 3.63) is 87.8 Å². The molecule has 1 heterocycles. The van der Waals surface area contributed by atoms with Crippen molar-refractivity contribution in [2.45, 2.75) is 31.8 Å². The van der Waals surface area contributed by atoms with Crippen LogP contribution in [0.5, 0.6) is 0 Å². The average molecular weight is 434 g/mol. The first-order valence-corrected chi connectivity index (χ1v) is 11.0. The number of nitrogens with two attached hydrogens (primary N) is 1. The Morgan fingerprint density at radius 1 is 0.871 bits per heavy atom. The molecule has 3 aromatic rings. The molecular weight excluding hydrogens is 410 g/mol. The first-order chi connectivity index (χ1) is 15.0. The van der Waals surface area contributed by atoms with E-state index >= 15 is 0 Å². The third-order valence-electron chi connectivity index (χ3n) is 5.33. The van der Waals surface area contributed by atoms with Gasteiger partial charge in [0, 0.05) is 16.0 Å². The highest BCUT2D eigenvalue weighted by molar-refractivity contribution is 7.16. The maximum Gasteiger partial charge on any atom is 0.253 e. The Bertz CT molecular complexity index is 1110. The number of hydrogen-bond donors (Lipinski definition) is 3. The van der Waals surface area contributed by atoms with E-state index in [9.17, 15) is 14.4 Å². The molecule has 158 valence electrons. The van der Waals surface area contributed by atoms with Gasteiger partial charge in [-0.05, 0) is 43.4 Å². The van der Waals surface area contributed by atoms with E-state index in [1.807, 2.05) is 12.1 Å². The molecule has 1 atom stereocenters. The number of thiophene rings is 1. The summed E-state index contributed by atoms with van der Waals surface area (Å²) in [6.07, 6.45) is 2.69. The number of aryl methyl sites for hydroxylation is 1. The summed E-state index contributed by atoms with van der Waals surface area (Å²) < 4.78 is 0. The molecule has 0 bridgehead atoms. The molecule has 1 aliphatic rings. The summed E-state index contributed by atoms with van der Waals surface area (Å²) in [6.45, 7) is 0. The predicted molar refractivity (Wildman–Crippen MR) is 122 cm³/mol. The Morgan fingerprint density at radius 3 is 2.13 bits per heavy atom. The first-order valence-electron chi connectivity index (χ1n) is 10.2. The Labute approximate surface area is 184 Å². The zero-order valence-corrected chi connectivity index (χ0v) is 17.7. The van der Waals surface area contributed by atoms with E-state index in [1.165, 1.54) is 11.3 Å². The quantitative estimate of drug-likeness (QED) is 0.390. The lowest BCUT2D eigenvalue weighted by atomic mass is 9.95. The Hall–Kier alpha value is -3.45. The minimum atomic E-state index is -1.05. The number of carbonyl (C=O) groups is 3. The van der Waals surface area contributed by atoms with Crippen LogP contribution in [0.3, 0.4) is 0 Å². The number of carbonyl (C=O) groups excluding carboxylic acids is 3. The van der Waals surface area contributed by atoms with Crippen LogP contribution in [0.25, 0.3) is 0 Å². The molecule has 0 saturated heterocycles. The zero-order chi connectivity index (χ0) is 21.8. The number of hydrogen-bond acceptors (Lipinski definition) is 5. The standard InChI is InChI=1S/C24H23N3O3S/c25-21(29)19-17-13-7-8-14-18(17)31-24(19)27-22(20(28)15-9-3-1-4-10-15)26-23(30)16-11-5-2-6-12-16/h1-6,9-12,22,27H,7-8,13-14H2,(H2,25,29)(H,26,30)/t22-/m0/s1. The van der Waals surface area contributed by atoms with Gasteiger partial charge in [-0.25, -0.2) is 0 Å². The number of fused-ring (bicyclic) bond motifs is 1. The largest absolute Gasteiger partial charge is 0.365 e. The van der Waals surface area contributed by atoms with E-state index in [-0.39, 0.29) is 11.7 Å². The van der Waals surface area contributed by atoms with Crippen LogP contribution >= 0.6 is 11.3 Å². The number of amides is 2. The monoisotopic (exact) mass is 433 g/mol. The third kappa shape index (κ3) is 4.51. The summed E-state index contributed by atoms with van der Waals surface area (Å²) in [5, 5.41) is 6.43. The first kappa shape index (κ1) is 20.8. The molecule has 0 unspecified atom stereocenters. The van der Waals surface area contributed by atoms with E-state index in [4.69, 9.17) is 5.73 Å². The third-order valence-corrected chi connectivity index (χ3v) is 6.55. The summed E-state index contributed by atoms with van der Waals surface area (Å²) in [7, 11) is 0. The van der Waals surface area contributed by atoms with Gasteiger partial charge in [0.2, 0.25) is 5.78 Å². The van der Waals surface area contributed by atoms with Crippen LogP contribution in [0.4, 0.5) is 5.00 Å². The number of nitrogens with one attached hydrogen (secondary N) is 2. The topological polar surface area (TPSA) is 101 Å². The highest BCUT2D eigenvalue weighted by atomic mass is 32.1. The number of rotatable bonds is 7. The van der Waals surface area contributed by atoms with Crippen LogP contribution in [0.15, 0.2) is 60.7 Å². The lowest BCUT2D eigenvalue weighted by Gasteiger charge is -2.20. The number of benzene rings is 2. The maximum atomic E-state index is 13.3. The van der Waals surface area contributed by atoms with E-state index < -0.39 is 12.1 Å². The number of primary amides is 1. The van der Waals surface area contributed by atoms with Gasteiger partial charge in [-0.1, -0.05) is 48.5 Å². The van der Waals surface area contributed by atoms with Gasteiger partial charge in [-0.2, -0.15) is 0 Å². The fraction of sp³-hybridized carbons (Fsp3) is 0.208. The van der Waals surface area contributed by atoms with Gasteiger partial charge < -0.3 is 16.4 Å². The van der Waals surface area contributed by atoms with E-state index in [0.29, 0.717) is 21.7 Å². The smallest absolute Gasteiger partial charge is 0.253 e. The molecule has 1 aliphatic carbocycles. The summed E-state index contributed by atoms with van der Waals surface area (Å²) in [5.74, 6) is -1.21. The van der Waals surface area contributed by atoms with Crippen molar-refractivity contribution in [2.24, 2.45) is 5.73 Å². The van der Waals surface area contributed by atoms with Gasteiger partial charge in [0.15, 0.2) is 6.17 Å². The van der Waals surface area contributed by atoms with Crippen LogP contribution < -0.4 is 16.4 Å². The van der Waals surface area contributed by atoms with Crippen LogP contribution in [0, 0.1) is 0 Å². The molecule has 6 nitrogen and oxygen atoms in total.